The minimum atomic E-state index is -0.502. The summed E-state index contributed by atoms with van der Waals surface area (Å²) in [5.41, 5.74) is 1.58. The topological polar surface area (TPSA) is 97.6 Å². The molecule has 0 atom stereocenters. The molecule has 0 saturated carbocycles. The fraction of sp³-hybridized carbons (Fsp3) is 0.222. The molecule has 0 unspecified atom stereocenters. The maximum atomic E-state index is 12.9. The number of amides is 1. The monoisotopic (exact) mass is 384 g/mol. The molecule has 2 aromatic carbocycles. The second kappa shape index (κ2) is 7.29. The van der Waals surface area contributed by atoms with E-state index in [9.17, 15) is 14.9 Å². The minimum Gasteiger partial charge on any atom is -0.378 e. The van der Waals surface area contributed by atoms with Crippen LogP contribution in [0.25, 0.3) is 10.2 Å². The van der Waals surface area contributed by atoms with Gasteiger partial charge in [-0.15, -0.1) is 0 Å². The number of ether oxygens (including phenoxy) is 1. The van der Waals surface area contributed by atoms with Gasteiger partial charge in [0, 0.05) is 25.2 Å². The number of rotatable bonds is 4. The Morgan fingerprint density at radius 1 is 1.22 bits per heavy atom. The van der Waals surface area contributed by atoms with Crippen molar-refractivity contribution in [2.75, 3.05) is 36.5 Å². The molecule has 0 aliphatic carbocycles. The summed E-state index contributed by atoms with van der Waals surface area (Å²) in [4.78, 5) is 30.0. The second-order valence-corrected chi connectivity index (χ2v) is 7.03. The van der Waals surface area contributed by atoms with Crippen LogP contribution in [-0.4, -0.2) is 42.1 Å². The number of nitro groups is 1. The minimum absolute atomic E-state index is 0.124. The predicted octanol–water partition coefficient (Wildman–Crippen LogP) is 3.29. The maximum Gasteiger partial charge on any atom is 0.270 e. The molecule has 9 heteroatoms. The van der Waals surface area contributed by atoms with Crippen LogP contribution in [-0.2, 0) is 4.74 Å². The molecule has 1 amide bonds. The molecule has 27 heavy (non-hydrogen) atoms. The van der Waals surface area contributed by atoms with E-state index in [1.807, 2.05) is 29.2 Å². The SMILES string of the molecule is O=C(Nc1nc2ccccc2s1)c1cc([N+](=O)[O-])ccc1N1CCOCC1. The van der Waals surface area contributed by atoms with Crippen LogP contribution in [0.4, 0.5) is 16.5 Å². The van der Waals surface area contributed by atoms with Crippen molar-refractivity contribution in [3.63, 3.8) is 0 Å². The zero-order chi connectivity index (χ0) is 18.8. The van der Waals surface area contributed by atoms with Gasteiger partial charge in [0.25, 0.3) is 11.6 Å². The van der Waals surface area contributed by atoms with Crippen molar-refractivity contribution in [1.29, 1.82) is 0 Å². The summed E-state index contributed by atoms with van der Waals surface area (Å²) in [5, 5.41) is 14.4. The molecule has 4 rings (SSSR count). The van der Waals surface area contributed by atoms with E-state index in [0.717, 1.165) is 10.2 Å². The number of hydrogen-bond acceptors (Lipinski definition) is 7. The van der Waals surface area contributed by atoms with E-state index < -0.39 is 10.8 Å². The predicted molar refractivity (Wildman–Crippen MR) is 104 cm³/mol. The van der Waals surface area contributed by atoms with Gasteiger partial charge in [0.1, 0.15) is 0 Å². The Hall–Kier alpha value is -3.04. The van der Waals surface area contributed by atoms with Gasteiger partial charge >= 0.3 is 0 Å². The van der Waals surface area contributed by atoms with Gasteiger partial charge in [0.05, 0.1) is 39.6 Å². The first kappa shape index (κ1) is 17.4. The molecule has 3 aromatic rings. The number of para-hydroxylation sites is 1. The molecule has 0 bridgehead atoms. The van der Waals surface area contributed by atoms with Crippen molar-refractivity contribution in [1.82, 2.24) is 4.98 Å². The Bertz CT molecular complexity index is 981. The van der Waals surface area contributed by atoms with Crippen LogP contribution >= 0.6 is 11.3 Å². The molecule has 1 aromatic heterocycles. The Morgan fingerprint density at radius 3 is 2.74 bits per heavy atom. The summed E-state index contributed by atoms with van der Waals surface area (Å²) in [6.07, 6.45) is 0. The number of carbonyl (C=O) groups is 1. The van der Waals surface area contributed by atoms with Gasteiger partial charge in [-0.05, 0) is 18.2 Å². The second-order valence-electron chi connectivity index (χ2n) is 6.00. The molecular formula is C18H16N4O4S. The Kier molecular flexibility index (Phi) is 4.69. The lowest BCUT2D eigenvalue weighted by atomic mass is 10.1. The van der Waals surface area contributed by atoms with Crippen LogP contribution in [0, 0.1) is 10.1 Å². The Morgan fingerprint density at radius 2 is 2.00 bits per heavy atom. The summed E-state index contributed by atoms with van der Waals surface area (Å²) in [6, 6.07) is 11.9. The van der Waals surface area contributed by atoms with Crippen LogP contribution in [0.5, 0.6) is 0 Å². The number of benzene rings is 2. The number of anilines is 2. The first-order valence-corrected chi connectivity index (χ1v) is 9.21. The molecular weight excluding hydrogens is 368 g/mol. The fourth-order valence-corrected chi connectivity index (χ4v) is 3.85. The van der Waals surface area contributed by atoms with Crippen LogP contribution in [0.3, 0.4) is 0 Å². The van der Waals surface area contributed by atoms with E-state index >= 15 is 0 Å². The molecule has 138 valence electrons. The highest BCUT2D eigenvalue weighted by molar-refractivity contribution is 7.22. The average Bonchev–Trinajstić information content (AvgIpc) is 3.10. The molecule has 2 heterocycles. The summed E-state index contributed by atoms with van der Waals surface area (Å²) in [7, 11) is 0. The lowest BCUT2D eigenvalue weighted by molar-refractivity contribution is -0.384. The number of morpholine rings is 1. The lowest BCUT2D eigenvalue weighted by Gasteiger charge is -2.30. The molecule has 1 aliphatic rings. The van der Waals surface area contributed by atoms with Crippen molar-refractivity contribution in [2.24, 2.45) is 0 Å². The van der Waals surface area contributed by atoms with E-state index in [2.05, 4.69) is 10.3 Å². The van der Waals surface area contributed by atoms with Crippen LogP contribution in [0.2, 0.25) is 0 Å². The number of aromatic nitrogens is 1. The lowest BCUT2D eigenvalue weighted by Crippen LogP contribution is -2.37. The highest BCUT2D eigenvalue weighted by Gasteiger charge is 2.22. The number of carbonyl (C=O) groups excluding carboxylic acids is 1. The van der Waals surface area contributed by atoms with Gasteiger partial charge in [-0.2, -0.15) is 0 Å². The van der Waals surface area contributed by atoms with Crippen molar-refractivity contribution in [3.05, 3.63) is 58.1 Å². The molecule has 8 nitrogen and oxygen atoms in total. The number of nitrogens with zero attached hydrogens (tertiary/aromatic N) is 3. The smallest absolute Gasteiger partial charge is 0.270 e. The standard InChI is InChI=1S/C18H16N4O4S/c23-17(20-18-19-14-3-1-2-4-16(14)27-18)13-11-12(22(24)25)5-6-15(13)21-7-9-26-10-8-21/h1-6,11H,7-10H2,(H,19,20,23). The highest BCUT2D eigenvalue weighted by Crippen LogP contribution is 2.29. The summed E-state index contributed by atoms with van der Waals surface area (Å²) in [6.45, 7) is 2.35. The van der Waals surface area contributed by atoms with Gasteiger partial charge in [-0.1, -0.05) is 23.5 Å². The summed E-state index contributed by atoms with van der Waals surface area (Å²) >= 11 is 1.36. The van der Waals surface area contributed by atoms with Gasteiger partial charge in [0.15, 0.2) is 5.13 Å². The fourth-order valence-electron chi connectivity index (χ4n) is 2.99. The number of fused-ring (bicyclic) bond motifs is 1. The molecule has 1 fully saturated rings. The molecule has 1 aliphatic heterocycles. The Balaban J connectivity index is 1.67. The average molecular weight is 384 g/mol. The van der Waals surface area contributed by atoms with E-state index in [-0.39, 0.29) is 11.3 Å². The zero-order valence-corrected chi connectivity index (χ0v) is 15.1. The number of nitro benzene ring substituents is 1. The Labute approximate surface area is 158 Å². The quantitative estimate of drug-likeness (QED) is 0.548. The number of thiazole rings is 1. The van der Waals surface area contributed by atoms with Crippen molar-refractivity contribution < 1.29 is 14.5 Å². The number of non-ortho nitro benzene ring substituents is 1. The zero-order valence-electron chi connectivity index (χ0n) is 14.3. The van der Waals surface area contributed by atoms with E-state index in [4.69, 9.17) is 4.74 Å². The van der Waals surface area contributed by atoms with Crippen molar-refractivity contribution in [2.45, 2.75) is 0 Å². The number of hydrogen-bond donors (Lipinski definition) is 1. The van der Waals surface area contributed by atoms with Gasteiger partial charge < -0.3 is 9.64 Å². The third-order valence-electron chi connectivity index (χ3n) is 4.30. The van der Waals surface area contributed by atoms with Gasteiger partial charge in [-0.3, -0.25) is 20.2 Å². The van der Waals surface area contributed by atoms with Crippen molar-refractivity contribution in [3.8, 4) is 0 Å². The van der Waals surface area contributed by atoms with Crippen LogP contribution in [0.15, 0.2) is 42.5 Å². The van der Waals surface area contributed by atoms with Crippen molar-refractivity contribution >= 4 is 44.0 Å². The summed E-state index contributed by atoms with van der Waals surface area (Å²) < 4.78 is 6.31. The maximum absolute atomic E-state index is 12.9. The molecule has 1 N–H and O–H groups in total. The molecule has 0 radical (unpaired) electrons. The largest absolute Gasteiger partial charge is 0.378 e. The van der Waals surface area contributed by atoms with E-state index in [1.165, 1.54) is 23.5 Å². The van der Waals surface area contributed by atoms with Crippen LogP contribution < -0.4 is 10.2 Å². The molecule has 0 spiro atoms. The first-order valence-electron chi connectivity index (χ1n) is 8.40. The third kappa shape index (κ3) is 3.60. The number of nitrogens with one attached hydrogen (secondary N) is 1. The summed E-state index contributed by atoms with van der Waals surface area (Å²) in [5.74, 6) is -0.417. The first-order chi connectivity index (χ1) is 13.1. The highest BCUT2D eigenvalue weighted by atomic mass is 32.1. The van der Waals surface area contributed by atoms with Gasteiger partial charge in [0.2, 0.25) is 0 Å². The molecule has 1 saturated heterocycles. The van der Waals surface area contributed by atoms with E-state index in [1.54, 1.807) is 6.07 Å². The normalized spacial score (nSPS) is 14.3. The third-order valence-corrected chi connectivity index (χ3v) is 5.25. The van der Waals surface area contributed by atoms with E-state index in [0.29, 0.717) is 37.1 Å². The van der Waals surface area contributed by atoms with Crippen LogP contribution in [0.1, 0.15) is 10.4 Å². The van der Waals surface area contributed by atoms with Gasteiger partial charge in [-0.25, -0.2) is 4.98 Å².